The van der Waals surface area contributed by atoms with E-state index in [0.717, 1.165) is 17.8 Å². The molecule has 2 aromatic heterocycles. The topological polar surface area (TPSA) is 65.8 Å². The van der Waals surface area contributed by atoms with Crippen LogP contribution in [0.5, 0.6) is 0 Å². The maximum absolute atomic E-state index is 11.6. The molecule has 0 aliphatic carbocycles. The smallest absolute Gasteiger partial charge is 0.251 e. The lowest BCUT2D eigenvalue weighted by atomic mass is 10.3. The number of nitrogen functional groups attached to an aromatic ring is 1. The van der Waals surface area contributed by atoms with Gasteiger partial charge in [0.05, 0.1) is 17.9 Å². The first-order chi connectivity index (χ1) is 8.10. The molecule has 0 radical (unpaired) electrons. The number of hydrogen-bond donors (Lipinski definition) is 1. The third-order valence-corrected chi connectivity index (χ3v) is 2.73. The summed E-state index contributed by atoms with van der Waals surface area (Å²) in [5.41, 5.74) is 8.22. The highest BCUT2D eigenvalue weighted by Gasteiger charge is 2.05. The zero-order valence-corrected chi connectivity index (χ0v) is 10.1. The van der Waals surface area contributed by atoms with Crippen molar-refractivity contribution in [1.82, 2.24) is 14.3 Å². The summed E-state index contributed by atoms with van der Waals surface area (Å²) in [5.74, 6) is 0. The molecule has 17 heavy (non-hydrogen) atoms. The normalized spacial score (nSPS) is 10.7. The second kappa shape index (κ2) is 4.45. The van der Waals surface area contributed by atoms with Crippen molar-refractivity contribution < 1.29 is 0 Å². The van der Waals surface area contributed by atoms with Gasteiger partial charge < -0.3 is 10.3 Å². The minimum absolute atomic E-state index is 0.0570. The predicted octanol–water partition coefficient (Wildman–Crippen LogP) is 0.775. The first-order valence-electron chi connectivity index (χ1n) is 5.58. The van der Waals surface area contributed by atoms with Crippen LogP contribution in [0.1, 0.15) is 18.3 Å². The third-order valence-electron chi connectivity index (χ3n) is 2.73. The molecule has 2 heterocycles. The molecular weight excluding hydrogens is 216 g/mol. The number of anilines is 1. The van der Waals surface area contributed by atoms with Crippen LogP contribution >= 0.6 is 0 Å². The third kappa shape index (κ3) is 2.38. The van der Waals surface area contributed by atoms with Crippen LogP contribution in [0.2, 0.25) is 0 Å². The van der Waals surface area contributed by atoms with E-state index in [4.69, 9.17) is 5.73 Å². The summed E-state index contributed by atoms with van der Waals surface area (Å²) >= 11 is 0. The Balaban J connectivity index is 2.34. The Hall–Kier alpha value is -2.04. The van der Waals surface area contributed by atoms with E-state index in [1.54, 1.807) is 21.5 Å². The molecule has 0 atom stereocenters. The van der Waals surface area contributed by atoms with E-state index < -0.39 is 0 Å². The Labute approximate surface area is 99.5 Å². The highest BCUT2D eigenvalue weighted by atomic mass is 16.1. The van der Waals surface area contributed by atoms with Gasteiger partial charge in [0.15, 0.2) is 0 Å². The SMILES string of the molecule is CCc1cc(Cn2cc(N)ccc2=O)n(C)n1. The van der Waals surface area contributed by atoms with Crippen molar-refractivity contribution in [1.29, 1.82) is 0 Å². The van der Waals surface area contributed by atoms with Crippen LogP contribution in [0.25, 0.3) is 0 Å². The van der Waals surface area contributed by atoms with Gasteiger partial charge in [0.2, 0.25) is 0 Å². The van der Waals surface area contributed by atoms with E-state index in [9.17, 15) is 4.79 Å². The summed E-state index contributed by atoms with van der Waals surface area (Å²) in [6.45, 7) is 2.55. The molecule has 90 valence electrons. The molecule has 0 spiro atoms. The van der Waals surface area contributed by atoms with Gasteiger partial charge in [-0.05, 0) is 18.6 Å². The standard InChI is InChI=1S/C12H16N4O/c1-3-10-6-11(15(2)14-10)8-16-7-9(13)4-5-12(16)17/h4-7H,3,8,13H2,1-2H3. The van der Waals surface area contributed by atoms with Gasteiger partial charge in [-0.3, -0.25) is 9.48 Å². The molecule has 0 bridgehead atoms. The van der Waals surface area contributed by atoms with E-state index in [1.165, 1.54) is 6.07 Å². The van der Waals surface area contributed by atoms with E-state index in [1.807, 2.05) is 13.1 Å². The molecule has 0 saturated heterocycles. The van der Waals surface area contributed by atoms with Crippen molar-refractivity contribution in [2.24, 2.45) is 7.05 Å². The lowest BCUT2D eigenvalue weighted by molar-refractivity contribution is 0.650. The molecule has 0 amide bonds. The van der Waals surface area contributed by atoms with E-state index in [0.29, 0.717) is 12.2 Å². The summed E-state index contributed by atoms with van der Waals surface area (Å²) in [4.78, 5) is 11.6. The Kier molecular flexibility index (Phi) is 2.99. The molecule has 2 aromatic rings. The molecule has 0 aliphatic heterocycles. The van der Waals surface area contributed by atoms with Gasteiger partial charge in [0.1, 0.15) is 0 Å². The number of aromatic nitrogens is 3. The molecule has 2 N–H and O–H groups in total. The number of rotatable bonds is 3. The fraction of sp³-hybridized carbons (Fsp3) is 0.333. The zero-order valence-electron chi connectivity index (χ0n) is 10.1. The maximum Gasteiger partial charge on any atom is 0.251 e. The van der Waals surface area contributed by atoms with Gasteiger partial charge >= 0.3 is 0 Å². The molecule has 0 unspecified atom stereocenters. The number of nitrogens with zero attached hydrogens (tertiary/aromatic N) is 3. The number of hydrogen-bond acceptors (Lipinski definition) is 3. The Morgan fingerprint density at radius 2 is 2.18 bits per heavy atom. The van der Waals surface area contributed by atoms with Crippen molar-refractivity contribution in [2.75, 3.05) is 5.73 Å². The molecule has 5 heteroatoms. The van der Waals surface area contributed by atoms with E-state index in [2.05, 4.69) is 12.0 Å². The lowest BCUT2D eigenvalue weighted by Gasteiger charge is -2.06. The van der Waals surface area contributed by atoms with Gasteiger partial charge in [0, 0.05) is 25.0 Å². The highest BCUT2D eigenvalue weighted by Crippen LogP contribution is 2.06. The zero-order chi connectivity index (χ0) is 12.4. The van der Waals surface area contributed by atoms with Crippen LogP contribution < -0.4 is 11.3 Å². The summed E-state index contributed by atoms with van der Waals surface area (Å²) in [6, 6.07) is 5.10. The largest absolute Gasteiger partial charge is 0.398 e. The van der Waals surface area contributed by atoms with Crippen molar-refractivity contribution in [2.45, 2.75) is 19.9 Å². The molecular formula is C12H16N4O. The quantitative estimate of drug-likeness (QED) is 0.850. The molecule has 0 saturated carbocycles. The van der Waals surface area contributed by atoms with Crippen LogP contribution in [0.4, 0.5) is 5.69 Å². The maximum atomic E-state index is 11.6. The molecule has 0 aromatic carbocycles. The average Bonchev–Trinajstić information content (AvgIpc) is 2.65. The van der Waals surface area contributed by atoms with E-state index in [-0.39, 0.29) is 5.56 Å². The van der Waals surface area contributed by atoms with Crippen LogP contribution in [0.3, 0.4) is 0 Å². The second-order valence-electron chi connectivity index (χ2n) is 4.03. The van der Waals surface area contributed by atoms with Gasteiger partial charge in [-0.25, -0.2) is 0 Å². The van der Waals surface area contributed by atoms with Gasteiger partial charge in [-0.1, -0.05) is 6.92 Å². The highest BCUT2D eigenvalue weighted by molar-refractivity contribution is 5.33. The summed E-state index contributed by atoms with van der Waals surface area (Å²) in [6.07, 6.45) is 2.54. The van der Waals surface area contributed by atoms with E-state index >= 15 is 0 Å². The fourth-order valence-corrected chi connectivity index (χ4v) is 1.74. The van der Waals surface area contributed by atoms with Crippen LogP contribution in [-0.4, -0.2) is 14.3 Å². The number of pyridine rings is 1. The Bertz CT molecular complexity index is 582. The van der Waals surface area contributed by atoms with Crippen LogP contribution in [0, 0.1) is 0 Å². The lowest BCUT2D eigenvalue weighted by Crippen LogP contribution is -2.20. The second-order valence-corrected chi connectivity index (χ2v) is 4.03. The minimum atomic E-state index is -0.0570. The van der Waals surface area contributed by atoms with Gasteiger partial charge in [-0.2, -0.15) is 5.10 Å². The molecule has 0 aliphatic rings. The van der Waals surface area contributed by atoms with Crippen LogP contribution in [-0.2, 0) is 20.0 Å². The minimum Gasteiger partial charge on any atom is -0.398 e. The first-order valence-corrected chi connectivity index (χ1v) is 5.58. The predicted molar refractivity (Wildman–Crippen MR) is 66.8 cm³/mol. The Morgan fingerprint density at radius 1 is 1.41 bits per heavy atom. The molecule has 2 rings (SSSR count). The number of aryl methyl sites for hydroxylation is 2. The van der Waals surface area contributed by atoms with Crippen molar-refractivity contribution in [3.05, 3.63) is 46.1 Å². The van der Waals surface area contributed by atoms with Crippen molar-refractivity contribution in [3.8, 4) is 0 Å². The number of nitrogens with two attached hydrogens (primary N) is 1. The monoisotopic (exact) mass is 232 g/mol. The van der Waals surface area contributed by atoms with Gasteiger partial charge in [-0.15, -0.1) is 0 Å². The van der Waals surface area contributed by atoms with Gasteiger partial charge in [0.25, 0.3) is 5.56 Å². The Morgan fingerprint density at radius 3 is 2.82 bits per heavy atom. The molecule has 5 nitrogen and oxygen atoms in total. The summed E-state index contributed by atoms with van der Waals surface area (Å²) < 4.78 is 3.39. The fourth-order valence-electron chi connectivity index (χ4n) is 1.74. The summed E-state index contributed by atoms with van der Waals surface area (Å²) in [7, 11) is 1.88. The molecule has 0 fully saturated rings. The van der Waals surface area contributed by atoms with Crippen molar-refractivity contribution in [3.63, 3.8) is 0 Å². The first kappa shape index (κ1) is 11.4. The van der Waals surface area contributed by atoms with Crippen molar-refractivity contribution >= 4 is 5.69 Å². The summed E-state index contributed by atoms with van der Waals surface area (Å²) in [5, 5.41) is 4.35. The van der Waals surface area contributed by atoms with Crippen LogP contribution in [0.15, 0.2) is 29.2 Å². The average molecular weight is 232 g/mol.